The Kier molecular flexibility index (Phi) is 8.11. The van der Waals surface area contributed by atoms with Crippen LogP contribution >= 0.6 is 0 Å². The molecule has 0 spiro atoms. The molecular weight excluding hydrogens is 236 g/mol. The first-order chi connectivity index (χ1) is 9.17. The van der Waals surface area contributed by atoms with E-state index >= 15 is 0 Å². The van der Waals surface area contributed by atoms with Crippen LogP contribution in [0.15, 0.2) is 0 Å². The van der Waals surface area contributed by atoms with E-state index < -0.39 is 0 Å². The van der Waals surface area contributed by atoms with Crippen molar-refractivity contribution in [3.63, 3.8) is 0 Å². The first-order valence-electron chi connectivity index (χ1n) is 8.20. The maximum atomic E-state index is 11.9. The highest BCUT2D eigenvalue weighted by atomic mass is 16.1. The number of nitrogens with one attached hydrogen (secondary N) is 2. The van der Waals surface area contributed by atoms with Gasteiger partial charge in [0.25, 0.3) is 0 Å². The second-order valence-electron chi connectivity index (χ2n) is 6.00. The van der Waals surface area contributed by atoms with E-state index in [9.17, 15) is 4.79 Å². The van der Waals surface area contributed by atoms with Crippen molar-refractivity contribution in [2.75, 3.05) is 6.54 Å². The van der Waals surface area contributed by atoms with Crippen molar-refractivity contribution in [3.05, 3.63) is 0 Å². The average molecular weight is 268 g/mol. The third-order valence-corrected chi connectivity index (χ3v) is 4.54. The first kappa shape index (κ1) is 16.5. The molecule has 0 aliphatic heterocycles. The van der Waals surface area contributed by atoms with Crippen LogP contribution in [0.2, 0.25) is 0 Å². The molecule has 0 aromatic rings. The maximum Gasteiger partial charge on any atom is 0.234 e. The lowest BCUT2D eigenvalue weighted by molar-refractivity contribution is -0.121. The SMILES string of the molecule is CCC(CC)NC(=O)CN[C@@H](C)C1CCCCCC1. The summed E-state index contributed by atoms with van der Waals surface area (Å²) in [6, 6.07) is 0.799. The molecule has 3 nitrogen and oxygen atoms in total. The van der Waals surface area contributed by atoms with Crippen molar-refractivity contribution in [2.24, 2.45) is 5.92 Å². The molecule has 0 aromatic heterocycles. The van der Waals surface area contributed by atoms with Gasteiger partial charge in [0.1, 0.15) is 0 Å². The third-order valence-electron chi connectivity index (χ3n) is 4.54. The van der Waals surface area contributed by atoms with Crippen LogP contribution in [0, 0.1) is 5.92 Å². The summed E-state index contributed by atoms with van der Waals surface area (Å²) in [5, 5.41) is 6.51. The van der Waals surface area contributed by atoms with Gasteiger partial charge >= 0.3 is 0 Å². The molecule has 1 rings (SSSR count). The van der Waals surface area contributed by atoms with Crippen LogP contribution in [0.25, 0.3) is 0 Å². The van der Waals surface area contributed by atoms with Crippen molar-refractivity contribution in [3.8, 4) is 0 Å². The quantitative estimate of drug-likeness (QED) is 0.696. The summed E-state index contributed by atoms with van der Waals surface area (Å²) in [6.07, 6.45) is 10.2. The van der Waals surface area contributed by atoms with Crippen molar-refractivity contribution in [1.29, 1.82) is 0 Å². The van der Waals surface area contributed by atoms with E-state index in [1.54, 1.807) is 0 Å². The molecular formula is C16H32N2O. The zero-order valence-corrected chi connectivity index (χ0v) is 13.0. The van der Waals surface area contributed by atoms with Gasteiger partial charge in [-0.2, -0.15) is 0 Å². The van der Waals surface area contributed by atoms with E-state index in [1.165, 1.54) is 38.5 Å². The summed E-state index contributed by atoms with van der Waals surface area (Å²) in [4.78, 5) is 11.9. The van der Waals surface area contributed by atoms with E-state index in [0.29, 0.717) is 18.6 Å². The Bertz CT molecular complexity index is 243. The molecule has 0 saturated heterocycles. The van der Waals surface area contributed by atoms with Gasteiger partial charge < -0.3 is 10.6 Å². The maximum absolute atomic E-state index is 11.9. The Morgan fingerprint density at radius 2 is 1.68 bits per heavy atom. The fraction of sp³-hybridized carbons (Fsp3) is 0.938. The predicted molar refractivity (Wildman–Crippen MR) is 81.2 cm³/mol. The Labute approximate surface area is 118 Å². The van der Waals surface area contributed by atoms with Gasteiger partial charge in [0.05, 0.1) is 6.54 Å². The number of hydrogen-bond donors (Lipinski definition) is 2. The minimum Gasteiger partial charge on any atom is -0.352 e. The zero-order chi connectivity index (χ0) is 14.1. The Balaban J connectivity index is 2.24. The van der Waals surface area contributed by atoms with Gasteiger partial charge in [-0.3, -0.25) is 4.79 Å². The van der Waals surface area contributed by atoms with Crippen molar-refractivity contribution >= 4 is 5.91 Å². The number of amides is 1. The van der Waals surface area contributed by atoms with E-state index in [4.69, 9.17) is 0 Å². The van der Waals surface area contributed by atoms with Crippen LogP contribution in [0.5, 0.6) is 0 Å². The Morgan fingerprint density at radius 3 is 2.21 bits per heavy atom. The molecule has 19 heavy (non-hydrogen) atoms. The summed E-state index contributed by atoms with van der Waals surface area (Å²) < 4.78 is 0. The molecule has 0 bridgehead atoms. The normalized spacial score (nSPS) is 19.2. The second-order valence-corrected chi connectivity index (χ2v) is 6.00. The molecule has 1 aliphatic rings. The minimum absolute atomic E-state index is 0.147. The molecule has 1 saturated carbocycles. The number of rotatable bonds is 7. The molecule has 1 fully saturated rings. The molecule has 1 amide bonds. The van der Waals surface area contributed by atoms with E-state index in [1.807, 2.05) is 0 Å². The third kappa shape index (κ3) is 6.42. The molecule has 112 valence electrons. The second kappa shape index (κ2) is 9.35. The molecule has 0 aromatic carbocycles. The molecule has 3 heteroatoms. The largest absolute Gasteiger partial charge is 0.352 e. The van der Waals surface area contributed by atoms with Gasteiger partial charge in [0.15, 0.2) is 0 Å². The van der Waals surface area contributed by atoms with Gasteiger partial charge in [-0.15, -0.1) is 0 Å². The zero-order valence-electron chi connectivity index (χ0n) is 13.0. The molecule has 2 N–H and O–H groups in total. The molecule has 0 unspecified atom stereocenters. The Morgan fingerprint density at radius 1 is 1.11 bits per heavy atom. The van der Waals surface area contributed by atoms with Gasteiger partial charge in [0.2, 0.25) is 5.91 Å². The van der Waals surface area contributed by atoms with E-state index in [-0.39, 0.29) is 5.91 Å². The number of hydrogen-bond acceptors (Lipinski definition) is 2. The standard InChI is InChI=1S/C16H32N2O/c1-4-15(5-2)18-16(19)12-17-13(3)14-10-8-6-7-9-11-14/h13-15,17H,4-12H2,1-3H3,(H,18,19)/t13-/m0/s1. The van der Waals surface area contributed by atoms with Crippen LogP contribution in [-0.4, -0.2) is 24.5 Å². The van der Waals surface area contributed by atoms with Crippen LogP contribution in [0.4, 0.5) is 0 Å². The lowest BCUT2D eigenvalue weighted by Crippen LogP contribution is -2.44. The fourth-order valence-electron chi connectivity index (χ4n) is 3.00. The van der Waals surface area contributed by atoms with Crippen molar-refractivity contribution in [2.45, 2.75) is 84.2 Å². The summed E-state index contributed by atoms with van der Waals surface area (Å²) in [6.45, 7) is 6.95. The molecule has 0 radical (unpaired) electrons. The van der Waals surface area contributed by atoms with E-state index in [2.05, 4.69) is 31.4 Å². The molecule has 1 aliphatic carbocycles. The van der Waals surface area contributed by atoms with Crippen molar-refractivity contribution < 1.29 is 4.79 Å². The van der Waals surface area contributed by atoms with Gasteiger partial charge in [-0.05, 0) is 38.5 Å². The van der Waals surface area contributed by atoms with Crippen LogP contribution in [0.3, 0.4) is 0 Å². The monoisotopic (exact) mass is 268 g/mol. The van der Waals surface area contributed by atoms with Gasteiger partial charge in [0, 0.05) is 12.1 Å². The summed E-state index contributed by atoms with van der Waals surface area (Å²) in [5.41, 5.74) is 0. The highest BCUT2D eigenvalue weighted by molar-refractivity contribution is 5.78. The molecule has 1 atom stereocenters. The number of carbonyl (C=O) groups excluding carboxylic acids is 1. The van der Waals surface area contributed by atoms with Gasteiger partial charge in [-0.1, -0.05) is 39.5 Å². The number of carbonyl (C=O) groups is 1. The average Bonchev–Trinajstić information content (AvgIpc) is 2.71. The smallest absolute Gasteiger partial charge is 0.234 e. The topological polar surface area (TPSA) is 41.1 Å². The highest BCUT2D eigenvalue weighted by Gasteiger charge is 2.19. The van der Waals surface area contributed by atoms with Crippen LogP contribution in [-0.2, 0) is 4.79 Å². The molecule has 0 heterocycles. The van der Waals surface area contributed by atoms with Crippen molar-refractivity contribution in [1.82, 2.24) is 10.6 Å². The summed E-state index contributed by atoms with van der Waals surface area (Å²) in [7, 11) is 0. The lowest BCUT2D eigenvalue weighted by atomic mass is 9.93. The summed E-state index contributed by atoms with van der Waals surface area (Å²) >= 11 is 0. The summed E-state index contributed by atoms with van der Waals surface area (Å²) in [5.74, 6) is 0.901. The highest BCUT2D eigenvalue weighted by Crippen LogP contribution is 2.25. The minimum atomic E-state index is 0.147. The van der Waals surface area contributed by atoms with E-state index in [0.717, 1.165) is 18.8 Å². The fourth-order valence-corrected chi connectivity index (χ4v) is 3.00. The predicted octanol–water partition coefficient (Wildman–Crippen LogP) is 3.24. The first-order valence-corrected chi connectivity index (χ1v) is 8.20. The van der Waals surface area contributed by atoms with Crippen LogP contribution in [0.1, 0.15) is 72.1 Å². The lowest BCUT2D eigenvalue weighted by Gasteiger charge is -2.24. The van der Waals surface area contributed by atoms with Crippen LogP contribution < -0.4 is 10.6 Å². The Hall–Kier alpha value is -0.570. The van der Waals surface area contributed by atoms with Gasteiger partial charge in [-0.25, -0.2) is 0 Å².